The summed E-state index contributed by atoms with van der Waals surface area (Å²) >= 11 is 0.386. The molecule has 104 valence electrons. The summed E-state index contributed by atoms with van der Waals surface area (Å²) in [5.74, 6) is 0. The molecule has 20 heavy (non-hydrogen) atoms. The molecule has 0 aromatic heterocycles. The fourth-order valence-corrected chi connectivity index (χ4v) is 7.19. The van der Waals surface area contributed by atoms with Crippen molar-refractivity contribution in [2.75, 3.05) is 0 Å². The molecule has 0 saturated carbocycles. The second-order valence-electron chi connectivity index (χ2n) is 6.16. The second-order valence-corrected chi connectivity index (χ2v) is 13.5. The molecule has 0 aliphatic heterocycles. The van der Waals surface area contributed by atoms with E-state index in [0.29, 0.717) is 15.0 Å². The van der Waals surface area contributed by atoms with Crippen LogP contribution in [-0.4, -0.2) is 23.0 Å². The summed E-state index contributed by atoms with van der Waals surface area (Å²) in [6.07, 6.45) is 0. The van der Waals surface area contributed by atoms with Crippen molar-refractivity contribution in [3.8, 4) is 0 Å². The Kier molecular flexibility index (Phi) is 5.04. The van der Waals surface area contributed by atoms with Crippen LogP contribution >= 0.6 is 0 Å². The molecule has 0 spiro atoms. The van der Waals surface area contributed by atoms with Gasteiger partial charge < -0.3 is 0 Å². The fraction of sp³-hybridized carbons (Fsp3) is 0.222. The molecular weight excluding hydrogens is 323 g/mol. The molecule has 0 amide bonds. The molecule has 2 heteroatoms. The Hall–Kier alpha value is -1.08. The van der Waals surface area contributed by atoms with Gasteiger partial charge in [-0.05, 0) is 0 Å². The van der Waals surface area contributed by atoms with Gasteiger partial charge in [0.15, 0.2) is 0 Å². The first kappa shape index (κ1) is 15.3. The number of rotatable bonds is 4. The van der Waals surface area contributed by atoms with Gasteiger partial charge in [-0.25, -0.2) is 0 Å². The number of aryl methyl sites for hydroxylation is 1. The SMILES string of the molecule is Cc1ccc(/C(=C/[Si](C)(C)C)[Se]c2ccccc2)cc1. The van der Waals surface area contributed by atoms with Crippen LogP contribution in [0.2, 0.25) is 19.6 Å². The van der Waals surface area contributed by atoms with Crippen molar-refractivity contribution >= 4 is 32.0 Å². The molecule has 0 radical (unpaired) electrons. The van der Waals surface area contributed by atoms with E-state index in [1.165, 1.54) is 20.1 Å². The summed E-state index contributed by atoms with van der Waals surface area (Å²) in [5.41, 5.74) is 5.28. The maximum atomic E-state index is 2.56. The van der Waals surface area contributed by atoms with Gasteiger partial charge in [-0.15, -0.1) is 0 Å². The molecule has 0 aliphatic rings. The van der Waals surface area contributed by atoms with Gasteiger partial charge in [-0.1, -0.05) is 0 Å². The molecule has 0 bridgehead atoms. The van der Waals surface area contributed by atoms with Crippen LogP contribution in [0.3, 0.4) is 0 Å². The van der Waals surface area contributed by atoms with Crippen molar-refractivity contribution in [1.82, 2.24) is 0 Å². The first-order chi connectivity index (χ1) is 9.44. The summed E-state index contributed by atoms with van der Waals surface area (Å²) < 4.78 is 2.98. The third kappa shape index (κ3) is 4.79. The normalized spacial score (nSPS) is 12.5. The van der Waals surface area contributed by atoms with Crippen molar-refractivity contribution in [2.45, 2.75) is 26.6 Å². The predicted molar refractivity (Wildman–Crippen MR) is 94.3 cm³/mol. The van der Waals surface area contributed by atoms with E-state index in [9.17, 15) is 0 Å². The van der Waals surface area contributed by atoms with E-state index >= 15 is 0 Å². The van der Waals surface area contributed by atoms with E-state index in [4.69, 9.17) is 0 Å². The standard InChI is InChI=1S/C18H22SeSi/c1-15-10-12-16(13-11-15)18(14-20(2,3)4)19-17-8-6-5-7-9-17/h5-14H,1-4H3/b18-14-. The van der Waals surface area contributed by atoms with Crippen molar-refractivity contribution in [2.24, 2.45) is 0 Å². The van der Waals surface area contributed by atoms with Crippen LogP contribution in [0.15, 0.2) is 60.3 Å². The summed E-state index contributed by atoms with van der Waals surface area (Å²) in [7, 11) is -1.22. The Morgan fingerprint density at radius 2 is 1.50 bits per heavy atom. The molecule has 0 heterocycles. The molecule has 2 aromatic carbocycles. The van der Waals surface area contributed by atoms with E-state index in [2.05, 4.69) is 86.9 Å². The molecule has 0 saturated heterocycles. The maximum absolute atomic E-state index is 2.56. The Balaban J connectivity index is 2.35. The van der Waals surface area contributed by atoms with Crippen LogP contribution in [0.4, 0.5) is 0 Å². The van der Waals surface area contributed by atoms with Crippen LogP contribution in [0.1, 0.15) is 11.1 Å². The van der Waals surface area contributed by atoms with Crippen molar-refractivity contribution in [1.29, 1.82) is 0 Å². The average molecular weight is 345 g/mol. The first-order valence-electron chi connectivity index (χ1n) is 6.97. The van der Waals surface area contributed by atoms with Gasteiger partial charge in [0.25, 0.3) is 0 Å². The third-order valence-electron chi connectivity index (χ3n) is 2.87. The van der Waals surface area contributed by atoms with Gasteiger partial charge in [0, 0.05) is 0 Å². The van der Waals surface area contributed by atoms with Crippen molar-refractivity contribution in [3.63, 3.8) is 0 Å². The van der Waals surface area contributed by atoms with Gasteiger partial charge in [0.1, 0.15) is 0 Å². The number of benzene rings is 2. The number of hydrogen-bond donors (Lipinski definition) is 0. The first-order valence-corrected chi connectivity index (χ1v) is 12.3. The molecule has 0 nitrogen and oxygen atoms in total. The van der Waals surface area contributed by atoms with Crippen LogP contribution < -0.4 is 4.46 Å². The zero-order valence-corrected chi connectivity index (χ0v) is 15.4. The molecule has 0 fully saturated rings. The zero-order valence-electron chi connectivity index (χ0n) is 12.7. The minimum atomic E-state index is -1.22. The topological polar surface area (TPSA) is 0 Å². The third-order valence-corrected chi connectivity index (χ3v) is 6.76. The Bertz CT molecular complexity index is 577. The predicted octanol–water partition coefficient (Wildman–Crippen LogP) is 4.24. The van der Waals surface area contributed by atoms with Gasteiger partial charge in [-0.3, -0.25) is 0 Å². The van der Waals surface area contributed by atoms with E-state index in [1.807, 2.05) is 0 Å². The van der Waals surface area contributed by atoms with Crippen LogP contribution in [0, 0.1) is 6.92 Å². The average Bonchev–Trinajstić information content (AvgIpc) is 2.38. The summed E-state index contributed by atoms with van der Waals surface area (Å²) in [6.45, 7) is 9.36. The monoisotopic (exact) mass is 346 g/mol. The van der Waals surface area contributed by atoms with Crippen LogP contribution in [0.5, 0.6) is 0 Å². The molecule has 0 atom stereocenters. The van der Waals surface area contributed by atoms with Crippen LogP contribution in [-0.2, 0) is 0 Å². The molecule has 0 aliphatic carbocycles. The van der Waals surface area contributed by atoms with Gasteiger partial charge >= 0.3 is 130 Å². The number of hydrogen-bond acceptors (Lipinski definition) is 0. The van der Waals surface area contributed by atoms with Gasteiger partial charge in [0.2, 0.25) is 0 Å². The summed E-state index contributed by atoms with van der Waals surface area (Å²) in [6, 6.07) is 19.8. The summed E-state index contributed by atoms with van der Waals surface area (Å²) in [4.78, 5) is 0. The Morgan fingerprint density at radius 3 is 2.05 bits per heavy atom. The summed E-state index contributed by atoms with van der Waals surface area (Å²) in [5, 5.41) is 0. The second kappa shape index (κ2) is 6.58. The molecular formula is C18H22SeSi. The van der Waals surface area contributed by atoms with E-state index in [0.717, 1.165) is 0 Å². The van der Waals surface area contributed by atoms with E-state index in [-0.39, 0.29) is 0 Å². The molecule has 0 N–H and O–H groups in total. The van der Waals surface area contributed by atoms with Crippen molar-refractivity contribution in [3.05, 3.63) is 71.4 Å². The zero-order chi connectivity index (χ0) is 14.6. The van der Waals surface area contributed by atoms with Gasteiger partial charge in [-0.2, -0.15) is 0 Å². The molecule has 0 unspecified atom stereocenters. The fourth-order valence-electron chi connectivity index (χ4n) is 1.90. The Labute approximate surface area is 130 Å². The Morgan fingerprint density at radius 1 is 0.900 bits per heavy atom. The van der Waals surface area contributed by atoms with Gasteiger partial charge in [0.05, 0.1) is 0 Å². The molecule has 2 rings (SSSR count). The van der Waals surface area contributed by atoms with E-state index in [1.54, 1.807) is 0 Å². The van der Waals surface area contributed by atoms with Crippen LogP contribution in [0.25, 0.3) is 4.47 Å². The molecule has 2 aromatic rings. The minimum absolute atomic E-state index is 0.386. The van der Waals surface area contributed by atoms with Crippen molar-refractivity contribution < 1.29 is 0 Å². The quantitative estimate of drug-likeness (QED) is 0.727. The van der Waals surface area contributed by atoms with E-state index < -0.39 is 8.07 Å².